The van der Waals surface area contributed by atoms with Gasteiger partial charge in [-0.2, -0.15) is 0 Å². The van der Waals surface area contributed by atoms with Gasteiger partial charge >= 0.3 is 12.1 Å². The van der Waals surface area contributed by atoms with Gasteiger partial charge in [0, 0.05) is 24.5 Å². The fraction of sp³-hybridized carbons (Fsp3) is 0.323. The van der Waals surface area contributed by atoms with Crippen LogP contribution in [0.4, 0.5) is 10.5 Å². The Balaban J connectivity index is 1.43. The van der Waals surface area contributed by atoms with Crippen LogP contribution >= 0.6 is 0 Å². The number of rotatable bonds is 11. The van der Waals surface area contributed by atoms with Gasteiger partial charge < -0.3 is 20.1 Å². The number of methoxy groups -OCH3 is 1. The second kappa shape index (κ2) is 13.1. The third-order valence-electron chi connectivity index (χ3n) is 7.50. The zero-order valence-corrected chi connectivity index (χ0v) is 23.2. The van der Waals surface area contributed by atoms with Crippen molar-refractivity contribution in [1.82, 2.24) is 10.6 Å². The average molecular weight is 560 g/mol. The molecular formula is C31H33N3O7. The van der Waals surface area contributed by atoms with E-state index in [2.05, 4.69) is 10.6 Å². The zero-order valence-electron chi connectivity index (χ0n) is 23.2. The Labute approximate surface area is 238 Å². The lowest BCUT2D eigenvalue weighted by atomic mass is 9.97. The topological polar surface area (TPSA) is 137 Å². The number of carbonyl (C=O) groups excluding carboxylic acids is 3. The van der Waals surface area contributed by atoms with Crippen LogP contribution in [0.5, 0.6) is 0 Å². The molecule has 41 heavy (non-hydrogen) atoms. The highest BCUT2D eigenvalue weighted by Gasteiger charge is 2.33. The number of non-ortho nitro benzene ring substituents is 1. The molecule has 0 fully saturated rings. The quantitative estimate of drug-likeness (QED) is 0.197. The number of amides is 2. The van der Waals surface area contributed by atoms with Crippen LogP contribution in [0, 0.1) is 16.0 Å². The molecule has 0 bridgehead atoms. The van der Waals surface area contributed by atoms with Crippen LogP contribution < -0.4 is 10.6 Å². The van der Waals surface area contributed by atoms with Crippen molar-refractivity contribution in [3.8, 4) is 11.1 Å². The standard InChI is InChI=1S/C31H33N3O7/c1-4-19(2)28(29(35)32-27(30(36)40-3)17-20-13-15-21(16-14-20)34(38)39)33-31(37)41-18-26-24-11-7-5-9-22(24)23-10-6-8-12-25(23)26/h5-16,19,26-28H,4,17-18H2,1-3H3,(H,32,35)(H,33,37)/t19-,27+,28+/m1/s1. The second-order valence-electron chi connectivity index (χ2n) is 10.0. The van der Waals surface area contributed by atoms with Gasteiger partial charge in [0.25, 0.3) is 5.69 Å². The van der Waals surface area contributed by atoms with Crippen LogP contribution in [0.3, 0.4) is 0 Å². The third kappa shape index (κ3) is 6.71. The molecule has 0 aromatic heterocycles. The highest BCUT2D eigenvalue weighted by atomic mass is 16.6. The summed E-state index contributed by atoms with van der Waals surface area (Å²) in [4.78, 5) is 49.2. The minimum Gasteiger partial charge on any atom is -0.467 e. The van der Waals surface area contributed by atoms with Crippen molar-refractivity contribution in [1.29, 1.82) is 0 Å². The van der Waals surface area contributed by atoms with Gasteiger partial charge in [-0.05, 0) is 33.7 Å². The van der Waals surface area contributed by atoms with Crippen molar-refractivity contribution in [2.45, 2.75) is 44.7 Å². The molecule has 0 aliphatic heterocycles. The summed E-state index contributed by atoms with van der Waals surface area (Å²) in [7, 11) is 1.21. The Morgan fingerprint density at radius 3 is 2.05 bits per heavy atom. The smallest absolute Gasteiger partial charge is 0.407 e. The summed E-state index contributed by atoms with van der Waals surface area (Å²) in [5, 5.41) is 16.3. The molecule has 0 radical (unpaired) electrons. The summed E-state index contributed by atoms with van der Waals surface area (Å²) in [6.45, 7) is 3.80. The number of fused-ring (bicyclic) bond motifs is 3. The Hall–Kier alpha value is -4.73. The predicted molar refractivity (Wildman–Crippen MR) is 152 cm³/mol. The molecule has 0 unspecified atom stereocenters. The first-order valence-corrected chi connectivity index (χ1v) is 13.5. The number of nitrogens with one attached hydrogen (secondary N) is 2. The molecule has 0 saturated heterocycles. The van der Waals surface area contributed by atoms with E-state index in [1.54, 1.807) is 0 Å². The van der Waals surface area contributed by atoms with Crippen LogP contribution in [0.1, 0.15) is 42.9 Å². The summed E-state index contributed by atoms with van der Waals surface area (Å²) < 4.78 is 10.5. The Morgan fingerprint density at radius 2 is 1.51 bits per heavy atom. The summed E-state index contributed by atoms with van der Waals surface area (Å²) in [6.07, 6.45) is -0.112. The van der Waals surface area contributed by atoms with E-state index in [0.717, 1.165) is 22.3 Å². The monoisotopic (exact) mass is 559 g/mol. The SMILES string of the molecule is CC[C@@H](C)[C@H](NC(=O)OCC1c2ccccc2-c2ccccc21)C(=O)N[C@@H](Cc1ccc([N+](=O)[O-])cc1)C(=O)OC. The van der Waals surface area contributed by atoms with E-state index in [9.17, 15) is 24.5 Å². The van der Waals surface area contributed by atoms with Crippen molar-refractivity contribution >= 4 is 23.7 Å². The molecule has 0 heterocycles. The molecule has 214 valence electrons. The molecular weight excluding hydrogens is 526 g/mol. The predicted octanol–water partition coefficient (Wildman–Crippen LogP) is 4.75. The first kappa shape index (κ1) is 29.3. The average Bonchev–Trinajstić information content (AvgIpc) is 3.31. The maximum absolute atomic E-state index is 13.4. The van der Waals surface area contributed by atoms with Crippen LogP contribution in [0.2, 0.25) is 0 Å². The van der Waals surface area contributed by atoms with Gasteiger partial charge in [-0.15, -0.1) is 0 Å². The number of benzene rings is 3. The summed E-state index contributed by atoms with van der Waals surface area (Å²) >= 11 is 0. The van der Waals surface area contributed by atoms with E-state index in [0.29, 0.717) is 12.0 Å². The fourth-order valence-corrected chi connectivity index (χ4v) is 5.06. The Bertz CT molecular complexity index is 1380. The van der Waals surface area contributed by atoms with E-state index < -0.39 is 35.0 Å². The highest BCUT2D eigenvalue weighted by Crippen LogP contribution is 2.44. The lowest BCUT2D eigenvalue weighted by Crippen LogP contribution is -2.54. The van der Waals surface area contributed by atoms with E-state index in [1.807, 2.05) is 62.4 Å². The first-order chi connectivity index (χ1) is 19.7. The molecule has 1 aliphatic rings. The molecule has 1 aliphatic carbocycles. The summed E-state index contributed by atoms with van der Waals surface area (Å²) in [5.41, 5.74) is 4.87. The van der Waals surface area contributed by atoms with Crippen LogP contribution in [-0.2, 0) is 25.5 Å². The van der Waals surface area contributed by atoms with Crippen molar-refractivity contribution in [2.75, 3.05) is 13.7 Å². The maximum atomic E-state index is 13.4. The maximum Gasteiger partial charge on any atom is 0.407 e. The highest BCUT2D eigenvalue weighted by molar-refractivity contribution is 5.90. The largest absolute Gasteiger partial charge is 0.467 e. The normalized spacial score (nSPS) is 14.1. The number of alkyl carbamates (subject to hydrolysis) is 1. The number of ether oxygens (including phenoxy) is 2. The van der Waals surface area contributed by atoms with Crippen molar-refractivity contribution in [2.24, 2.45) is 5.92 Å². The molecule has 3 aromatic carbocycles. The van der Waals surface area contributed by atoms with Gasteiger partial charge in [-0.3, -0.25) is 14.9 Å². The molecule has 2 amide bonds. The number of nitrogens with zero attached hydrogens (tertiary/aromatic N) is 1. The first-order valence-electron chi connectivity index (χ1n) is 13.5. The minimum atomic E-state index is -1.06. The Morgan fingerprint density at radius 1 is 0.927 bits per heavy atom. The molecule has 4 rings (SSSR count). The number of nitro groups is 1. The minimum absolute atomic E-state index is 0.0502. The Kier molecular flexibility index (Phi) is 9.34. The van der Waals surface area contributed by atoms with Gasteiger partial charge in [0.1, 0.15) is 18.7 Å². The lowest BCUT2D eigenvalue weighted by molar-refractivity contribution is -0.384. The van der Waals surface area contributed by atoms with E-state index in [4.69, 9.17) is 9.47 Å². The van der Waals surface area contributed by atoms with Gasteiger partial charge in [0.05, 0.1) is 12.0 Å². The summed E-state index contributed by atoms with van der Waals surface area (Å²) in [5.74, 6) is -1.64. The van der Waals surface area contributed by atoms with Gasteiger partial charge in [-0.1, -0.05) is 80.9 Å². The lowest BCUT2D eigenvalue weighted by Gasteiger charge is -2.26. The molecule has 2 N–H and O–H groups in total. The second-order valence-corrected chi connectivity index (χ2v) is 10.0. The number of esters is 1. The van der Waals surface area contributed by atoms with E-state index in [-0.39, 0.29) is 30.6 Å². The van der Waals surface area contributed by atoms with Gasteiger partial charge in [-0.25, -0.2) is 9.59 Å². The number of nitro benzene ring substituents is 1. The number of carbonyl (C=O) groups is 3. The molecule has 10 nitrogen and oxygen atoms in total. The zero-order chi connectivity index (χ0) is 29.5. The molecule has 3 atom stereocenters. The van der Waals surface area contributed by atoms with Crippen molar-refractivity contribution in [3.05, 3.63) is 99.6 Å². The number of hydrogen-bond donors (Lipinski definition) is 2. The van der Waals surface area contributed by atoms with Crippen molar-refractivity contribution < 1.29 is 28.8 Å². The molecule has 0 spiro atoms. The molecule has 3 aromatic rings. The van der Waals surface area contributed by atoms with Gasteiger partial charge in [0.15, 0.2) is 0 Å². The van der Waals surface area contributed by atoms with Crippen LogP contribution in [0.15, 0.2) is 72.8 Å². The fourth-order valence-electron chi connectivity index (χ4n) is 5.06. The van der Waals surface area contributed by atoms with E-state index >= 15 is 0 Å². The summed E-state index contributed by atoms with van der Waals surface area (Å²) in [6, 6.07) is 19.6. The third-order valence-corrected chi connectivity index (χ3v) is 7.50. The van der Waals surface area contributed by atoms with Crippen molar-refractivity contribution in [3.63, 3.8) is 0 Å². The van der Waals surface area contributed by atoms with Crippen LogP contribution in [-0.4, -0.2) is 48.7 Å². The van der Waals surface area contributed by atoms with Crippen LogP contribution in [0.25, 0.3) is 11.1 Å². The molecule has 0 saturated carbocycles. The van der Waals surface area contributed by atoms with Gasteiger partial charge in [0.2, 0.25) is 5.91 Å². The van der Waals surface area contributed by atoms with E-state index in [1.165, 1.54) is 31.4 Å². The number of hydrogen-bond acceptors (Lipinski definition) is 7. The molecule has 10 heteroatoms.